The van der Waals surface area contributed by atoms with Gasteiger partial charge in [-0.1, -0.05) is 58.9 Å². The summed E-state index contributed by atoms with van der Waals surface area (Å²) >= 11 is 0. The molecule has 1 heterocycles. The average molecular weight is 739 g/mol. The first-order valence-electron chi connectivity index (χ1n) is 19.9. The van der Waals surface area contributed by atoms with Crippen molar-refractivity contribution >= 4 is 28.0 Å². The van der Waals surface area contributed by atoms with Gasteiger partial charge in [-0.25, -0.2) is 9.18 Å². The van der Waals surface area contributed by atoms with Crippen LogP contribution in [-0.2, 0) is 4.79 Å². The Morgan fingerprint density at radius 2 is 1.67 bits per heavy atom. The highest BCUT2D eigenvalue weighted by Gasteiger charge is 2.71. The molecule has 0 spiro atoms. The van der Waals surface area contributed by atoms with Gasteiger partial charge in [0.25, 0.3) is 0 Å². The van der Waals surface area contributed by atoms with Gasteiger partial charge in [0.05, 0.1) is 22.5 Å². The number of fused-ring (bicyclic) bond motifs is 7. The lowest BCUT2D eigenvalue weighted by atomic mass is 9.32. The SMILES string of the molecule is C=C(C)[C@@H]1CC[C@]2(C(=O)NCCN3CCS(O)(O)CC3)CC[C@]3(C)[C@H](CC[C@@H]4[C@@]5(C)CC=C(c6ccc(C(=O)O)cc6F)C(C)(C)[C@@H]5CC[C@]43C)[C@@H]12. The Hall–Kier alpha value is -2.20. The lowest BCUT2D eigenvalue weighted by Gasteiger charge is -2.72. The van der Waals surface area contributed by atoms with Gasteiger partial charge in [-0.05, 0) is 134 Å². The third kappa shape index (κ3) is 5.68. The van der Waals surface area contributed by atoms with Gasteiger partial charge in [0, 0.05) is 31.7 Å². The summed E-state index contributed by atoms with van der Waals surface area (Å²) in [6, 6.07) is 4.37. The van der Waals surface area contributed by atoms with Gasteiger partial charge in [0.2, 0.25) is 5.91 Å². The number of nitrogens with zero attached hydrogens (tertiary/aromatic N) is 1. The van der Waals surface area contributed by atoms with Gasteiger partial charge in [0.1, 0.15) is 5.82 Å². The third-order valence-electron chi connectivity index (χ3n) is 16.8. The number of hydrogen-bond donors (Lipinski definition) is 4. The van der Waals surface area contributed by atoms with Crippen LogP contribution in [0.25, 0.3) is 5.57 Å². The number of carbonyl (C=O) groups excluding carboxylic acids is 1. The second kappa shape index (κ2) is 12.9. The van der Waals surface area contributed by atoms with Gasteiger partial charge in [-0.3, -0.25) is 18.8 Å². The number of halogens is 1. The van der Waals surface area contributed by atoms with E-state index in [9.17, 15) is 23.8 Å². The molecule has 1 amide bonds. The quantitative estimate of drug-likeness (QED) is 0.208. The summed E-state index contributed by atoms with van der Waals surface area (Å²) in [5.74, 6) is 1.43. The van der Waals surface area contributed by atoms with E-state index < -0.39 is 22.4 Å². The second-order valence-corrected chi connectivity index (χ2v) is 21.6. The summed E-state index contributed by atoms with van der Waals surface area (Å²) in [6.45, 7) is 21.6. The number of carbonyl (C=O) groups is 2. The van der Waals surface area contributed by atoms with Crippen LogP contribution in [0.2, 0.25) is 0 Å². The van der Waals surface area contributed by atoms with Gasteiger partial charge in [-0.2, -0.15) is 10.6 Å². The summed E-state index contributed by atoms with van der Waals surface area (Å²) in [5, 5.41) is 12.9. The zero-order valence-corrected chi connectivity index (χ0v) is 33.2. The number of hydrogen-bond acceptors (Lipinski definition) is 5. The third-order valence-corrected chi connectivity index (χ3v) is 18.5. The summed E-state index contributed by atoms with van der Waals surface area (Å²) in [5.41, 5.74) is 2.31. The highest BCUT2D eigenvalue weighted by atomic mass is 32.3. The van der Waals surface area contributed by atoms with E-state index in [0.717, 1.165) is 69.9 Å². The maximum absolute atomic E-state index is 15.5. The van der Waals surface area contributed by atoms with Crippen molar-refractivity contribution in [3.05, 3.63) is 53.4 Å². The number of allylic oxidation sites excluding steroid dienone is 3. The van der Waals surface area contributed by atoms with E-state index in [1.54, 1.807) is 6.07 Å². The van der Waals surface area contributed by atoms with Gasteiger partial charge < -0.3 is 10.4 Å². The van der Waals surface area contributed by atoms with Crippen molar-refractivity contribution < 1.29 is 28.2 Å². The molecule has 1 aromatic rings. The average Bonchev–Trinajstić information content (AvgIpc) is 3.47. The predicted octanol–water partition coefficient (Wildman–Crippen LogP) is 9.36. The fourth-order valence-corrected chi connectivity index (χ4v) is 15.3. The Kier molecular flexibility index (Phi) is 9.48. The molecule has 9 atom stereocenters. The lowest BCUT2D eigenvalue weighted by molar-refractivity contribution is -0.225. The van der Waals surface area contributed by atoms with Crippen LogP contribution >= 0.6 is 10.6 Å². The molecule has 1 aromatic carbocycles. The van der Waals surface area contributed by atoms with E-state index in [1.807, 2.05) is 0 Å². The van der Waals surface area contributed by atoms with Crippen molar-refractivity contribution in [2.24, 2.45) is 56.7 Å². The van der Waals surface area contributed by atoms with E-state index >= 15 is 4.39 Å². The summed E-state index contributed by atoms with van der Waals surface area (Å²) in [4.78, 5) is 28.3. The van der Waals surface area contributed by atoms with Crippen LogP contribution in [0.1, 0.15) is 115 Å². The minimum absolute atomic E-state index is 0.0232. The zero-order valence-electron chi connectivity index (χ0n) is 32.4. The molecule has 6 aliphatic rings. The van der Waals surface area contributed by atoms with Crippen LogP contribution in [0.15, 0.2) is 36.4 Å². The number of amides is 1. The molecule has 288 valence electrons. The fourth-order valence-electron chi connectivity index (χ4n) is 14.0. The van der Waals surface area contributed by atoms with Crippen LogP contribution in [-0.4, -0.2) is 68.7 Å². The molecular formula is C43H63FN2O5S. The van der Waals surface area contributed by atoms with Crippen molar-refractivity contribution in [2.75, 3.05) is 37.7 Å². The topological polar surface area (TPSA) is 110 Å². The van der Waals surface area contributed by atoms with Crippen molar-refractivity contribution in [1.82, 2.24) is 10.2 Å². The Labute approximate surface area is 312 Å². The Bertz CT molecular complexity index is 1670. The normalized spacial score (nSPS) is 41.3. The molecule has 5 aliphatic carbocycles. The Balaban J connectivity index is 1.15. The van der Waals surface area contributed by atoms with Crippen LogP contribution in [0.4, 0.5) is 4.39 Å². The monoisotopic (exact) mass is 738 g/mol. The smallest absolute Gasteiger partial charge is 0.335 e. The number of nitrogens with one attached hydrogen (secondary N) is 1. The van der Waals surface area contributed by atoms with Crippen molar-refractivity contribution in [2.45, 2.75) is 99.3 Å². The van der Waals surface area contributed by atoms with E-state index in [1.165, 1.54) is 17.7 Å². The summed E-state index contributed by atoms with van der Waals surface area (Å²) in [6.07, 6.45) is 11.5. The van der Waals surface area contributed by atoms with Crippen molar-refractivity contribution in [3.63, 3.8) is 0 Å². The van der Waals surface area contributed by atoms with Gasteiger partial charge in [0.15, 0.2) is 0 Å². The van der Waals surface area contributed by atoms with Gasteiger partial charge >= 0.3 is 5.97 Å². The van der Waals surface area contributed by atoms with Crippen molar-refractivity contribution in [1.29, 1.82) is 0 Å². The molecule has 4 N–H and O–H groups in total. The molecule has 0 unspecified atom stereocenters. The highest BCUT2D eigenvalue weighted by Crippen LogP contribution is 2.77. The number of carboxylic acid groups (broad SMARTS) is 1. The standard InChI is InChI=1S/C43H63FN2O5S/c1-27(2)29-12-17-43(38(49)45-20-21-46-22-24-52(50,51)25-23-46)19-18-41(6)32(36(29)43)10-11-35-40(5)15-13-31(30-9-8-28(37(47)48)26-33(30)44)39(3,4)34(40)14-16-42(35,41)7/h8-9,13,26,29,32,34-36,50-51H,1,10-12,14-25H2,2-7H3,(H,45,49)(H,47,48)/t29-,32+,34-,35+,36+,40-,41+,42+,43-/m0/s1. The molecule has 0 bridgehead atoms. The van der Waals surface area contributed by atoms with E-state index in [-0.39, 0.29) is 44.5 Å². The first-order valence-corrected chi connectivity index (χ1v) is 21.8. The summed E-state index contributed by atoms with van der Waals surface area (Å²) < 4.78 is 35.6. The molecule has 0 radical (unpaired) electrons. The second-order valence-electron chi connectivity index (χ2n) is 19.2. The Morgan fingerprint density at radius 3 is 2.33 bits per heavy atom. The van der Waals surface area contributed by atoms with E-state index in [4.69, 9.17) is 0 Å². The number of benzene rings is 1. The van der Waals surface area contributed by atoms with Crippen LogP contribution in [0.5, 0.6) is 0 Å². The highest BCUT2D eigenvalue weighted by molar-refractivity contribution is 8.24. The van der Waals surface area contributed by atoms with Crippen LogP contribution in [0, 0.1) is 62.5 Å². The number of rotatable bonds is 7. The number of carboxylic acids is 1. The molecule has 5 fully saturated rings. The zero-order chi connectivity index (χ0) is 37.6. The van der Waals surface area contributed by atoms with Gasteiger partial charge in [-0.15, -0.1) is 0 Å². The minimum Gasteiger partial charge on any atom is -0.478 e. The molecular weight excluding hydrogens is 676 g/mol. The summed E-state index contributed by atoms with van der Waals surface area (Å²) in [7, 11) is -2.44. The molecule has 7 nitrogen and oxygen atoms in total. The molecule has 7 rings (SSSR count). The largest absolute Gasteiger partial charge is 0.478 e. The van der Waals surface area contributed by atoms with Crippen LogP contribution < -0.4 is 5.32 Å². The maximum Gasteiger partial charge on any atom is 0.335 e. The predicted molar refractivity (Wildman–Crippen MR) is 208 cm³/mol. The van der Waals surface area contributed by atoms with E-state index in [0.29, 0.717) is 60.4 Å². The fraction of sp³-hybridized carbons (Fsp3) is 0.721. The first kappa shape index (κ1) is 38.1. The minimum atomic E-state index is -2.44. The first-order chi connectivity index (χ1) is 24.3. The molecule has 4 saturated carbocycles. The molecule has 0 aromatic heterocycles. The van der Waals surface area contributed by atoms with Crippen molar-refractivity contribution in [3.8, 4) is 0 Å². The molecule has 1 saturated heterocycles. The maximum atomic E-state index is 15.5. The molecule has 1 aliphatic heterocycles. The van der Waals surface area contributed by atoms with Crippen LogP contribution in [0.3, 0.4) is 0 Å². The molecule has 9 heteroatoms. The lowest BCUT2D eigenvalue weighted by Crippen LogP contribution is -2.66. The Morgan fingerprint density at radius 1 is 0.962 bits per heavy atom. The number of aromatic carboxylic acids is 1. The van der Waals surface area contributed by atoms with E-state index in [2.05, 4.69) is 64.4 Å². The molecule has 52 heavy (non-hydrogen) atoms.